The molecule has 2 aliphatic heterocycles. The Bertz CT molecular complexity index is 1060. The van der Waals surface area contributed by atoms with Gasteiger partial charge in [-0.25, -0.2) is 14.2 Å². The summed E-state index contributed by atoms with van der Waals surface area (Å²) in [5, 5.41) is 29.6. The smallest absolute Gasteiger partial charge is 0.359 e. The predicted octanol–water partition coefficient (Wildman–Crippen LogP) is 1.73. The third-order valence-electron chi connectivity index (χ3n) is 6.75. The summed E-state index contributed by atoms with van der Waals surface area (Å²) >= 11 is 0. The van der Waals surface area contributed by atoms with Gasteiger partial charge in [-0.2, -0.15) is 4.98 Å². The van der Waals surface area contributed by atoms with Gasteiger partial charge in [0.25, 0.3) is 0 Å². The van der Waals surface area contributed by atoms with Crippen molar-refractivity contribution in [2.75, 3.05) is 0 Å². The topological polar surface area (TPSA) is 164 Å². The minimum atomic E-state index is -4.49. The summed E-state index contributed by atoms with van der Waals surface area (Å²) in [6.07, 6.45) is -5.37. The average Bonchev–Trinajstić information content (AvgIpc) is 3.02. The number of halogens is 1. The summed E-state index contributed by atoms with van der Waals surface area (Å²) in [6, 6.07) is 0. The number of hydrogen-bond donors (Lipinski definition) is 4. The molecule has 11 nitrogen and oxygen atoms in total. The van der Waals surface area contributed by atoms with E-state index in [2.05, 4.69) is 9.98 Å². The number of fused-ring (bicyclic) bond motifs is 1. The van der Waals surface area contributed by atoms with Crippen LogP contribution >= 0.6 is 7.60 Å². The molecule has 192 valence electrons. The number of aliphatic imine (C=N–C) groups is 1. The van der Waals surface area contributed by atoms with Crippen LogP contribution in [-0.2, 0) is 20.2 Å². The lowest BCUT2D eigenvalue weighted by Crippen LogP contribution is -2.40. The van der Waals surface area contributed by atoms with Crippen LogP contribution < -0.4 is 5.69 Å². The predicted molar refractivity (Wildman–Crippen MR) is 121 cm³/mol. The number of nitrogens with zero attached hydrogens (tertiary/aromatic N) is 3. The van der Waals surface area contributed by atoms with Crippen LogP contribution in [0.2, 0.25) is 0 Å². The number of aromatic nitrogens is 2. The second kappa shape index (κ2) is 9.50. The van der Waals surface area contributed by atoms with Crippen LogP contribution in [0.4, 0.5) is 10.2 Å². The molecule has 0 amide bonds. The fraction of sp³-hybridized carbons (Fsp3) is 0.762. The molecule has 4 N–H and O–H groups in total. The molecule has 0 spiro atoms. The lowest BCUT2D eigenvalue weighted by molar-refractivity contribution is -0.0714. The molecule has 0 bridgehead atoms. The zero-order valence-electron chi connectivity index (χ0n) is 19.9. The van der Waals surface area contributed by atoms with Gasteiger partial charge in [-0.15, -0.1) is 0 Å². The Morgan fingerprint density at radius 2 is 1.94 bits per heavy atom. The quantitative estimate of drug-likeness (QED) is 0.385. The molecule has 0 aromatic carbocycles. The Morgan fingerprint density at radius 1 is 1.29 bits per heavy atom. The highest BCUT2D eigenvalue weighted by atomic mass is 31.2. The Labute approximate surface area is 196 Å². The highest BCUT2D eigenvalue weighted by molar-refractivity contribution is 7.54. The van der Waals surface area contributed by atoms with Gasteiger partial charge in [-0.05, 0) is 33.6 Å². The first-order valence-corrected chi connectivity index (χ1v) is 12.8. The molecule has 0 radical (unpaired) electrons. The number of rotatable bonds is 8. The Kier molecular flexibility index (Phi) is 7.56. The number of alkyl halides is 1. The van der Waals surface area contributed by atoms with E-state index in [1.165, 1.54) is 27.0 Å². The second-order valence-corrected chi connectivity index (χ2v) is 11.6. The third kappa shape index (κ3) is 5.04. The normalized spacial score (nSPS) is 32.3. The summed E-state index contributed by atoms with van der Waals surface area (Å²) < 4.78 is 39.1. The van der Waals surface area contributed by atoms with E-state index in [9.17, 15) is 34.0 Å². The average molecular weight is 505 g/mol. The number of ether oxygens (including phenoxy) is 1. The third-order valence-corrected chi connectivity index (χ3v) is 8.98. The van der Waals surface area contributed by atoms with Crippen LogP contribution in [-0.4, -0.2) is 70.9 Å². The molecule has 0 saturated carbocycles. The summed E-state index contributed by atoms with van der Waals surface area (Å²) in [6.45, 7) is 7.48. The summed E-state index contributed by atoms with van der Waals surface area (Å²) in [7, 11) is -4.49. The van der Waals surface area contributed by atoms with Gasteiger partial charge in [0, 0.05) is 24.6 Å². The van der Waals surface area contributed by atoms with Gasteiger partial charge < -0.3 is 29.5 Å². The van der Waals surface area contributed by atoms with E-state index in [-0.39, 0.29) is 37.2 Å². The van der Waals surface area contributed by atoms with Gasteiger partial charge in [-0.1, -0.05) is 13.8 Å². The maximum absolute atomic E-state index is 14.1. The van der Waals surface area contributed by atoms with Crippen molar-refractivity contribution < 1.29 is 38.4 Å². The zero-order chi connectivity index (χ0) is 25.6. The molecule has 3 rings (SSSR count). The van der Waals surface area contributed by atoms with Crippen molar-refractivity contribution in [3.63, 3.8) is 0 Å². The van der Waals surface area contributed by atoms with Gasteiger partial charge in [0.05, 0.1) is 17.4 Å². The maximum atomic E-state index is 14.1. The molecule has 13 heteroatoms. The van der Waals surface area contributed by atoms with Crippen molar-refractivity contribution >= 4 is 19.1 Å². The monoisotopic (exact) mass is 505 g/mol. The summed E-state index contributed by atoms with van der Waals surface area (Å²) in [5.74, 6) is 0.103. The molecule has 8 unspecified atom stereocenters. The van der Waals surface area contributed by atoms with E-state index in [0.29, 0.717) is 5.56 Å². The maximum Gasteiger partial charge on any atom is 0.359 e. The zero-order valence-corrected chi connectivity index (χ0v) is 20.8. The molecule has 34 heavy (non-hydrogen) atoms. The van der Waals surface area contributed by atoms with Crippen molar-refractivity contribution in [1.29, 1.82) is 0 Å². The Hall–Kier alpha value is -1.53. The molecule has 8 atom stereocenters. The molecule has 1 fully saturated rings. The van der Waals surface area contributed by atoms with Gasteiger partial charge in [0.2, 0.25) is 0 Å². The molecule has 1 aromatic rings. The van der Waals surface area contributed by atoms with Crippen LogP contribution in [0.25, 0.3) is 0 Å². The summed E-state index contributed by atoms with van der Waals surface area (Å²) in [5.41, 5.74) is -1.53. The molecular weight excluding hydrogens is 472 g/mol. The second-order valence-electron chi connectivity index (χ2n) is 9.44. The van der Waals surface area contributed by atoms with Crippen molar-refractivity contribution in [2.45, 2.75) is 102 Å². The first-order chi connectivity index (χ1) is 15.6. The highest BCUT2D eigenvalue weighted by Crippen LogP contribution is 2.59. The lowest BCUT2D eigenvalue weighted by atomic mass is 9.93. The van der Waals surface area contributed by atoms with Crippen LogP contribution in [0.5, 0.6) is 0 Å². The van der Waals surface area contributed by atoms with Crippen LogP contribution in [0.15, 0.2) is 16.0 Å². The molecule has 2 aliphatic rings. The molecule has 1 saturated heterocycles. The van der Waals surface area contributed by atoms with E-state index in [1.807, 2.05) is 0 Å². The van der Waals surface area contributed by atoms with E-state index in [0.717, 1.165) is 4.57 Å². The number of aliphatic hydroxyl groups is 3. The largest absolute Gasteiger partial charge is 0.388 e. The number of aliphatic hydroxyl groups excluding tert-OH is 2. The van der Waals surface area contributed by atoms with E-state index in [1.54, 1.807) is 13.8 Å². The van der Waals surface area contributed by atoms with Crippen molar-refractivity contribution in [3.8, 4) is 0 Å². The van der Waals surface area contributed by atoms with Gasteiger partial charge in [0.1, 0.15) is 18.4 Å². The minimum absolute atomic E-state index is 0.0263. The van der Waals surface area contributed by atoms with Crippen molar-refractivity contribution in [1.82, 2.24) is 9.55 Å². The van der Waals surface area contributed by atoms with Gasteiger partial charge in [-0.3, -0.25) is 9.13 Å². The van der Waals surface area contributed by atoms with Crippen molar-refractivity contribution in [3.05, 3.63) is 22.2 Å². The fourth-order valence-electron chi connectivity index (χ4n) is 3.90. The fourth-order valence-corrected chi connectivity index (χ4v) is 5.30. The minimum Gasteiger partial charge on any atom is -0.388 e. The first kappa shape index (κ1) is 27.1. The number of hydrogen-bond acceptors (Lipinski definition) is 9. The van der Waals surface area contributed by atoms with Gasteiger partial charge in [0.15, 0.2) is 17.4 Å². The van der Waals surface area contributed by atoms with E-state index in [4.69, 9.17) is 9.26 Å². The lowest BCUT2D eigenvalue weighted by Gasteiger charge is -2.37. The molecular formula is C21H33FN3O8P. The standard InChI is InChI=1S/C21H33FN3O8P/c1-6-20(4,33-34(30,31)21(5,29)7-2)9-14-15(26)16(27)18(32-14)25-10-12-8-13(22)11(3)23-17(12)24-19(25)28/h10,13-16,18,26-27,29H,6-9H2,1-5H3,(H,30,31). The molecule has 0 aliphatic carbocycles. The van der Waals surface area contributed by atoms with Crippen LogP contribution in [0.3, 0.4) is 0 Å². The highest BCUT2D eigenvalue weighted by Gasteiger charge is 2.50. The first-order valence-electron chi connectivity index (χ1n) is 11.2. The van der Waals surface area contributed by atoms with E-state index < -0.39 is 54.9 Å². The van der Waals surface area contributed by atoms with Crippen LogP contribution in [0.1, 0.15) is 65.7 Å². The van der Waals surface area contributed by atoms with Crippen molar-refractivity contribution in [2.24, 2.45) is 4.99 Å². The Balaban J connectivity index is 1.85. The molecule has 1 aromatic heterocycles. The SMILES string of the molecule is CCC(C)(CC1OC(n2cc3c(nc2=O)N=C(C)C(F)C3)C(O)C1O)OP(=O)(O)C(C)(O)CC. The van der Waals surface area contributed by atoms with Gasteiger partial charge >= 0.3 is 13.3 Å². The summed E-state index contributed by atoms with van der Waals surface area (Å²) in [4.78, 5) is 30.8. The Morgan fingerprint density at radius 3 is 2.53 bits per heavy atom. The van der Waals surface area contributed by atoms with Crippen LogP contribution in [0, 0.1) is 0 Å². The van der Waals surface area contributed by atoms with E-state index >= 15 is 0 Å². The molecule has 3 heterocycles.